The average molecular weight is 328 g/mol. The third-order valence-corrected chi connectivity index (χ3v) is 6.23. The quantitative estimate of drug-likeness (QED) is 0.508. The lowest BCUT2D eigenvalue weighted by Crippen LogP contribution is -2.44. The summed E-state index contributed by atoms with van der Waals surface area (Å²) < 4.78 is 0. The van der Waals surface area contributed by atoms with Gasteiger partial charge in [0.1, 0.15) is 0 Å². The van der Waals surface area contributed by atoms with Gasteiger partial charge in [-0.2, -0.15) is 0 Å². The Kier molecular flexibility index (Phi) is 5.64. The fourth-order valence-electron chi connectivity index (χ4n) is 2.71. The van der Waals surface area contributed by atoms with E-state index in [-0.39, 0.29) is 22.7 Å². The van der Waals surface area contributed by atoms with Gasteiger partial charge in [0.25, 0.3) is 0 Å². The molecule has 1 N–H and O–H groups in total. The molecule has 116 valence electrons. The molecule has 2 rings (SSSR count). The van der Waals surface area contributed by atoms with Crippen LogP contribution in [0.5, 0.6) is 0 Å². The third kappa shape index (κ3) is 4.20. The van der Waals surface area contributed by atoms with Gasteiger partial charge in [-0.25, -0.2) is 0 Å². The Bertz CT molecular complexity index is 518. The van der Waals surface area contributed by atoms with Crippen molar-refractivity contribution < 1.29 is 9.72 Å². The van der Waals surface area contributed by atoms with Crippen LogP contribution in [0.2, 0.25) is 0 Å². The van der Waals surface area contributed by atoms with Gasteiger partial charge in [-0.15, -0.1) is 11.8 Å². The number of nitrogens with zero attached hydrogens (tertiary/aromatic N) is 1. The zero-order valence-corrected chi connectivity index (χ0v) is 13.8. The van der Waals surface area contributed by atoms with Crippen LogP contribution >= 0.6 is 23.1 Å². The number of hydrogen-bond donors (Lipinski definition) is 1. The molecule has 1 aliphatic rings. The van der Waals surface area contributed by atoms with Gasteiger partial charge in [-0.1, -0.05) is 38.0 Å². The van der Waals surface area contributed by atoms with Gasteiger partial charge >= 0.3 is 5.00 Å². The molecule has 3 unspecified atom stereocenters. The second-order valence-electron chi connectivity index (χ2n) is 5.58. The number of thiophene rings is 1. The molecule has 0 radical (unpaired) electrons. The van der Waals surface area contributed by atoms with Crippen LogP contribution in [0.1, 0.15) is 33.1 Å². The van der Waals surface area contributed by atoms with Crippen molar-refractivity contribution >= 4 is 34.0 Å². The minimum Gasteiger partial charge on any atom is -0.352 e. The number of hydrogen-bond acceptors (Lipinski definition) is 5. The van der Waals surface area contributed by atoms with E-state index in [2.05, 4.69) is 19.2 Å². The molecule has 5 nitrogen and oxygen atoms in total. The van der Waals surface area contributed by atoms with Gasteiger partial charge in [-0.3, -0.25) is 14.9 Å². The van der Waals surface area contributed by atoms with Crippen molar-refractivity contribution in [1.29, 1.82) is 0 Å². The van der Waals surface area contributed by atoms with E-state index < -0.39 is 4.92 Å². The molecule has 1 aromatic rings. The van der Waals surface area contributed by atoms with E-state index in [9.17, 15) is 14.9 Å². The zero-order chi connectivity index (χ0) is 15.4. The predicted molar refractivity (Wildman–Crippen MR) is 85.8 cm³/mol. The van der Waals surface area contributed by atoms with Crippen LogP contribution in [0.15, 0.2) is 16.3 Å². The molecule has 1 fully saturated rings. The molecule has 1 heterocycles. The molecule has 7 heteroatoms. The first kappa shape index (κ1) is 16.3. The van der Waals surface area contributed by atoms with E-state index >= 15 is 0 Å². The van der Waals surface area contributed by atoms with Gasteiger partial charge in [-0.05, 0) is 29.7 Å². The molecule has 3 atom stereocenters. The van der Waals surface area contributed by atoms with Crippen molar-refractivity contribution in [1.82, 2.24) is 5.32 Å². The number of thioether (sulfide) groups is 1. The van der Waals surface area contributed by atoms with Crippen LogP contribution in [0.25, 0.3) is 0 Å². The maximum Gasteiger partial charge on any atom is 0.337 e. The molecule has 0 aliphatic heterocycles. The lowest BCUT2D eigenvalue weighted by atomic mass is 9.78. The summed E-state index contributed by atoms with van der Waals surface area (Å²) in [6.45, 7) is 4.41. The summed E-state index contributed by atoms with van der Waals surface area (Å²) >= 11 is 2.33. The summed E-state index contributed by atoms with van der Waals surface area (Å²) in [5, 5.41) is 15.7. The van der Waals surface area contributed by atoms with Crippen molar-refractivity contribution in [3.8, 4) is 0 Å². The Morgan fingerprint density at radius 1 is 1.52 bits per heavy atom. The highest BCUT2D eigenvalue weighted by Crippen LogP contribution is 2.34. The largest absolute Gasteiger partial charge is 0.352 e. The van der Waals surface area contributed by atoms with E-state index in [1.165, 1.54) is 18.2 Å². The molecular weight excluding hydrogens is 308 g/mol. The average Bonchev–Trinajstić information content (AvgIpc) is 2.90. The second kappa shape index (κ2) is 7.26. The van der Waals surface area contributed by atoms with Crippen LogP contribution in [-0.4, -0.2) is 22.6 Å². The third-order valence-electron chi connectivity index (χ3n) is 4.19. The Labute approximate surface area is 132 Å². The first-order valence-corrected chi connectivity index (χ1v) is 8.99. The highest BCUT2D eigenvalue weighted by atomic mass is 32.2. The highest BCUT2D eigenvalue weighted by molar-refractivity contribution is 8.00. The molecule has 0 aromatic carbocycles. The van der Waals surface area contributed by atoms with Crippen molar-refractivity contribution in [2.45, 2.75) is 44.0 Å². The predicted octanol–water partition coefficient (Wildman–Crippen LogP) is 3.69. The second-order valence-corrected chi connectivity index (χ2v) is 7.49. The molecule has 0 bridgehead atoms. The summed E-state index contributed by atoms with van der Waals surface area (Å²) in [6, 6.07) is 1.94. The number of rotatable bonds is 5. The van der Waals surface area contributed by atoms with Gasteiger partial charge in [0.2, 0.25) is 5.91 Å². The summed E-state index contributed by atoms with van der Waals surface area (Å²) in [5.74, 6) is 1.32. The summed E-state index contributed by atoms with van der Waals surface area (Å²) in [4.78, 5) is 23.0. The summed E-state index contributed by atoms with van der Waals surface area (Å²) in [5.41, 5.74) is 0. The standard InChI is InChI=1S/C14H20N2O3S2/c1-9-4-3-5-11(10(9)2)15-13(17)8-21-12-6-7-20-14(12)16(18)19/h6-7,9-11H,3-5,8H2,1-2H3,(H,15,17). The summed E-state index contributed by atoms with van der Waals surface area (Å²) in [7, 11) is 0. The molecule has 0 spiro atoms. The number of carbonyl (C=O) groups excluding carboxylic acids is 1. The number of nitrogens with one attached hydrogen (secondary N) is 1. The van der Waals surface area contributed by atoms with Gasteiger partial charge in [0.15, 0.2) is 0 Å². The fraction of sp³-hybridized carbons (Fsp3) is 0.643. The molecule has 1 aromatic heterocycles. The zero-order valence-electron chi connectivity index (χ0n) is 12.2. The van der Waals surface area contributed by atoms with Crippen LogP contribution in [0.3, 0.4) is 0 Å². The van der Waals surface area contributed by atoms with E-state index in [1.807, 2.05) is 0 Å². The maximum atomic E-state index is 12.0. The van der Waals surface area contributed by atoms with Crippen molar-refractivity contribution in [3.05, 3.63) is 21.6 Å². The fourth-order valence-corrected chi connectivity index (χ4v) is 4.45. The van der Waals surface area contributed by atoms with Crippen LogP contribution in [-0.2, 0) is 4.79 Å². The van der Waals surface area contributed by atoms with Crippen LogP contribution in [0, 0.1) is 22.0 Å². The van der Waals surface area contributed by atoms with E-state index in [4.69, 9.17) is 0 Å². The van der Waals surface area contributed by atoms with Gasteiger partial charge < -0.3 is 5.32 Å². The minimum atomic E-state index is -0.393. The molecule has 1 aliphatic carbocycles. The van der Waals surface area contributed by atoms with E-state index in [0.29, 0.717) is 16.7 Å². The number of nitro groups is 1. The van der Waals surface area contributed by atoms with E-state index in [1.54, 1.807) is 11.4 Å². The Morgan fingerprint density at radius 2 is 2.29 bits per heavy atom. The molecule has 21 heavy (non-hydrogen) atoms. The lowest BCUT2D eigenvalue weighted by Gasteiger charge is -2.34. The van der Waals surface area contributed by atoms with Gasteiger partial charge in [0.05, 0.1) is 15.6 Å². The Morgan fingerprint density at radius 3 is 3.00 bits per heavy atom. The maximum absolute atomic E-state index is 12.0. The SMILES string of the molecule is CC1CCCC(NC(=O)CSc2ccsc2[N+](=O)[O-])C1C. The highest BCUT2D eigenvalue weighted by Gasteiger charge is 2.28. The molecule has 1 amide bonds. The van der Waals surface area contributed by atoms with Crippen molar-refractivity contribution in [2.75, 3.05) is 5.75 Å². The topological polar surface area (TPSA) is 72.2 Å². The van der Waals surface area contributed by atoms with Crippen LogP contribution in [0.4, 0.5) is 5.00 Å². The first-order chi connectivity index (χ1) is 9.99. The number of carbonyl (C=O) groups is 1. The van der Waals surface area contributed by atoms with Crippen molar-refractivity contribution in [3.63, 3.8) is 0 Å². The molecule has 1 saturated carbocycles. The molecular formula is C14H20N2O3S2. The van der Waals surface area contributed by atoms with Gasteiger partial charge in [0, 0.05) is 6.04 Å². The monoisotopic (exact) mass is 328 g/mol. The van der Waals surface area contributed by atoms with Crippen molar-refractivity contribution in [2.24, 2.45) is 11.8 Å². The molecule has 0 saturated heterocycles. The Balaban J connectivity index is 1.85. The summed E-state index contributed by atoms with van der Waals surface area (Å²) in [6.07, 6.45) is 3.41. The lowest BCUT2D eigenvalue weighted by molar-refractivity contribution is -0.382. The minimum absolute atomic E-state index is 0.0357. The van der Waals surface area contributed by atoms with Crippen LogP contribution < -0.4 is 5.32 Å². The number of amides is 1. The Hall–Kier alpha value is -1.08. The normalized spacial score (nSPS) is 25.5. The smallest absolute Gasteiger partial charge is 0.337 e. The first-order valence-electron chi connectivity index (χ1n) is 7.13. The van der Waals surface area contributed by atoms with E-state index in [0.717, 1.165) is 24.2 Å².